The highest BCUT2D eigenvalue weighted by Crippen LogP contribution is 2.26. The van der Waals surface area contributed by atoms with Crippen molar-refractivity contribution in [3.63, 3.8) is 0 Å². The van der Waals surface area contributed by atoms with Crippen LogP contribution in [0.3, 0.4) is 0 Å². The molecule has 0 aromatic carbocycles. The van der Waals surface area contributed by atoms with Crippen LogP contribution in [-0.4, -0.2) is 197 Å². The van der Waals surface area contributed by atoms with Gasteiger partial charge in [-0.05, 0) is 84.5 Å². The summed E-state index contributed by atoms with van der Waals surface area (Å²) < 4.78 is 22.2. The van der Waals surface area contributed by atoms with Crippen LogP contribution in [0.15, 0.2) is 59.8 Å². The summed E-state index contributed by atoms with van der Waals surface area (Å²) >= 11 is 0. The molecule has 20 heteroatoms. The maximum Gasteiger partial charge on any atom is 0.253 e. The quantitative estimate of drug-likeness (QED) is 0.0199. The second-order valence-corrected chi connectivity index (χ2v) is 30.6. The van der Waals surface area contributed by atoms with Gasteiger partial charge in [-0.1, -0.05) is 325 Å². The normalized spacial score (nSPS) is 22.7. The molecule has 106 heavy (non-hydrogen) atoms. The summed E-state index contributed by atoms with van der Waals surface area (Å²) in [4.78, 5) is 26.0. The molecule has 0 aromatic rings. The van der Waals surface area contributed by atoms with Gasteiger partial charge in [0.1, 0.15) is 54.9 Å². The van der Waals surface area contributed by atoms with Crippen LogP contribution in [0.2, 0.25) is 0 Å². The van der Waals surface area contributed by atoms with Crippen LogP contribution in [0.1, 0.15) is 350 Å². The number of hydrogen-bond donors (Lipinski definition) is 14. The van der Waals surface area contributed by atoms with E-state index < -0.39 is 123 Å². The Labute approximate surface area is 643 Å². The van der Waals surface area contributed by atoms with Gasteiger partial charge in [-0.15, -0.1) is 0 Å². The van der Waals surface area contributed by atoms with Gasteiger partial charge in [-0.25, -0.2) is 0 Å². The third-order valence-corrected chi connectivity index (χ3v) is 20.7. The first-order chi connectivity index (χ1) is 51.3. The largest absolute Gasteiger partial charge is 0.394 e. The van der Waals surface area contributed by atoms with E-state index in [0.29, 0.717) is 25.7 Å². The van der Waals surface area contributed by atoms with Crippen LogP contribution in [0.25, 0.3) is 0 Å². The van der Waals surface area contributed by atoms with Gasteiger partial charge in [0.25, 0.3) is 5.91 Å². The summed E-state index contributed by atoms with van der Waals surface area (Å²) in [6, 6.07) is -2.02. The minimum Gasteiger partial charge on any atom is -0.394 e. The van der Waals surface area contributed by atoms with Gasteiger partial charge in [-0.2, -0.15) is 0 Å². The predicted octanol–water partition coefficient (Wildman–Crippen LogP) is 14.4. The molecule has 2 aliphatic rings. The molecule has 16 atom stereocenters. The third-order valence-electron chi connectivity index (χ3n) is 20.7. The second-order valence-electron chi connectivity index (χ2n) is 30.6. The number of ether oxygens (including phenoxy) is 4. The number of carbonyl (C=O) groups excluding carboxylic acids is 2. The monoisotopic (exact) mass is 1510 g/mol. The van der Waals surface area contributed by atoms with Crippen LogP contribution in [0, 0.1) is 0 Å². The molecule has 10 unspecified atom stereocenters. The number of unbranched alkanes of at least 4 members (excludes halogenated alkanes) is 39. The van der Waals surface area contributed by atoms with Crippen LogP contribution >= 0.6 is 0 Å². The van der Waals surface area contributed by atoms with Crippen molar-refractivity contribution in [2.45, 2.75) is 448 Å². The summed E-state index contributed by atoms with van der Waals surface area (Å²) in [5.74, 6) is -1.34. The lowest BCUT2D eigenvalue weighted by Crippen LogP contribution is -2.60. The molecule has 2 fully saturated rings. The van der Waals surface area contributed by atoms with Crippen LogP contribution in [0.5, 0.6) is 0 Å². The lowest BCUT2D eigenvalue weighted by atomic mass is 9.99. The Hall–Kier alpha value is -3.00. The van der Waals surface area contributed by atoms with E-state index in [0.717, 1.165) is 64.2 Å². The Balaban J connectivity index is 0.00000106. The summed E-state index contributed by atoms with van der Waals surface area (Å²) in [5, 5.41) is 129. The minimum atomic E-state index is -1.62. The van der Waals surface area contributed by atoms with Gasteiger partial charge in [0.15, 0.2) is 18.7 Å². The third kappa shape index (κ3) is 50.8. The zero-order valence-corrected chi connectivity index (χ0v) is 67.4. The topological polar surface area (TPSA) is 338 Å². The van der Waals surface area contributed by atoms with Crippen LogP contribution in [0.4, 0.5) is 0 Å². The molecule has 0 radical (unpaired) electrons. The first kappa shape index (κ1) is 101. The van der Waals surface area contributed by atoms with E-state index in [2.05, 4.69) is 64.3 Å². The van der Waals surface area contributed by atoms with Crippen molar-refractivity contribution >= 4 is 11.8 Å². The predicted molar refractivity (Wildman–Crippen MR) is 427 cm³/mol. The highest BCUT2D eigenvalue weighted by atomic mass is 16.7. The summed E-state index contributed by atoms with van der Waals surface area (Å²) in [7, 11) is 0. The summed E-state index contributed by atoms with van der Waals surface area (Å²) in [6.45, 7) is 11.4. The van der Waals surface area contributed by atoms with Crippen LogP contribution < -0.4 is 10.6 Å². The number of rotatable bonds is 67. The fourth-order valence-electron chi connectivity index (χ4n) is 13.4. The fourth-order valence-corrected chi connectivity index (χ4v) is 13.4. The average molecular weight is 1510 g/mol. The minimum absolute atomic E-state index is 0.306. The average Bonchev–Trinajstić information content (AvgIpc) is 0.824. The van der Waals surface area contributed by atoms with E-state index in [1.807, 2.05) is 12.2 Å². The molecule has 0 bridgehead atoms. The van der Waals surface area contributed by atoms with E-state index in [4.69, 9.17) is 18.9 Å². The molecule has 14 N–H and O–H groups in total. The Morgan fingerprint density at radius 1 is 0.368 bits per heavy atom. The van der Waals surface area contributed by atoms with Gasteiger partial charge in [0.05, 0.1) is 50.7 Å². The van der Waals surface area contributed by atoms with E-state index >= 15 is 0 Å². The van der Waals surface area contributed by atoms with Gasteiger partial charge >= 0.3 is 0 Å². The summed E-state index contributed by atoms with van der Waals surface area (Å²) in [5.41, 5.74) is 2.71. The molecular formula is C86H160N2O18. The molecule has 0 spiro atoms. The molecule has 2 amide bonds. The zero-order chi connectivity index (χ0) is 78.2. The first-order valence-corrected chi connectivity index (χ1v) is 42.8. The SMILES string of the molecule is CCCCCCCCCCCCCC/C=C/C(O)C(=O)NC(CO[C@@H]1OC(CO)[C@H](O)[C@H](O)C1O)C(O)/C=C/CC/C=C(\C)CCCCCCCCC.CCCCCCCCCCCCCCCCC(O)C(=O)NC(CO[C@@H]1OC(CO)[C@H](O)[C@H](O)C1O)C(O)/C=C/CC/C=C(\C)CCCCCCCCC. The van der Waals surface area contributed by atoms with Gasteiger partial charge in [0.2, 0.25) is 5.91 Å². The Morgan fingerprint density at radius 2 is 0.670 bits per heavy atom. The zero-order valence-electron chi connectivity index (χ0n) is 67.4. The molecular weight excluding hydrogens is 1350 g/mol. The van der Waals surface area contributed by atoms with Crippen molar-refractivity contribution in [2.75, 3.05) is 26.4 Å². The van der Waals surface area contributed by atoms with Crippen molar-refractivity contribution in [1.82, 2.24) is 10.6 Å². The molecule has 622 valence electrons. The van der Waals surface area contributed by atoms with Crippen molar-refractivity contribution in [2.24, 2.45) is 0 Å². The number of allylic oxidation sites excluding steroid dienone is 7. The highest BCUT2D eigenvalue weighted by Gasteiger charge is 2.46. The number of hydrogen-bond acceptors (Lipinski definition) is 18. The number of amides is 2. The van der Waals surface area contributed by atoms with Crippen molar-refractivity contribution in [3.05, 3.63) is 59.8 Å². The Morgan fingerprint density at radius 3 is 1.01 bits per heavy atom. The highest BCUT2D eigenvalue weighted by molar-refractivity contribution is 5.82. The van der Waals surface area contributed by atoms with E-state index in [-0.39, 0.29) is 13.2 Å². The number of aliphatic hydroxyl groups excluding tert-OH is 12. The van der Waals surface area contributed by atoms with E-state index in [1.54, 1.807) is 18.2 Å². The standard InChI is InChI=1S/C43H81NO9.C43H79NO9/c2*1-4-6-8-10-12-13-14-15-16-17-18-20-22-26-31-37(47)42(51)44-35(33-52-43-41(50)40(49)39(48)38(32-45)53-43)36(46)30-27-23-25-29-34(3)28-24-21-19-11-9-7-5-2/h27,29-30,35-41,43,45-50H,4-26,28,31-33H2,1-3H3,(H,44,51);26-27,29-31,35-41,43,45-50H,4-25,28,32-33H2,1-3H3,(H,44,51)/b30-27+,34-29+;30-27+,31-26+,34-29+/t2*35?,36?,37?,38?,39-,40-,41?,43+/m00/s1. The molecule has 2 rings (SSSR count). The Kier molecular flexibility index (Phi) is 65.5. The number of nitrogens with one attached hydrogen (secondary N) is 2. The van der Waals surface area contributed by atoms with Gasteiger partial charge in [0, 0.05) is 0 Å². The molecule has 0 aromatic heterocycles. The van der Waals surface area contributed by atoms with E-state index in [1.165, 1.54) is 236 Å². The van der Waals surface area contributed by atoms with Crippen molar-refractivity contribution < 1.29 is 89.8 Å². The number of carbonyl (C=O) groups is 2. The lowest BCUT2D eigenvalue weighted by Gasteiger charge is -2.40. The molecule has 2 heterocycles. The molecule has 2 aliphatic heterocycles. The lowest BCUT2D eigenvalue weighted by molar-refractivity contribution is -0.302. The fraction of sp³-hybridized carbons (Fsp3) is 0.860. The first-order valence-electron chi connectivity index (χ1n) is 42.8. The van der Waals surface area contributed by atoms with Gasteiger partial charge in [-0.3, -0.25) is 9.59 Å². The van der Waals surface area contributed by atoms with Gasteiger partial charge < -0.3 is 90.9 Å². The van der Waals surface area contributed by atoms with Crippen molar-refractivity contribution in [3.8, 4) is 0 Å². The van der Waals surface area contributed by atoms with Crippen molar-refractivity contribution in [1.29, 1.82) is 0 Å². The maximum absolute atomic E-state index is 13.0. The molecule has 20 nitrogen and oxygen atoms in total. The molecule has 0 aliphatic carbocycles. The molecule has 0 saturated carbocycles. The van der Waals surface area contributed by atoms with Crippen LogP contribution in [-0.2, 0) is 28.5 Å². The van der Waals surface area contributed by atoms with E-state index in [9.17, 15) is 70.9 Å². The second kappa shape index (κ2) is 68.8. The molecule has 2 saturated heterocycles. The Bertz CT molecular complexity index is 2200. The smallest absolute Gasteiger partial charge is 0.253 e. The number of aliphatic hydroxyl groups is 12. The maximum atomic E-state index is 13.0. The summed E-state index contributed by atoms with van der Waals surface area (Å²) in [6.07, 6.45) is 51.2.